The molecule has 4 heteroatoms. The Morgan fingerprint density at radius 1 is 0.200 bits per heavy atom. The van der Waals surface area contributed by atoms with Crippen LogP contribution in [0.4, 0.5) is 0 Å². The van der Waals surface area contributed by atoms with Gasteiger partial charge in [0.2, 0.25) is 0 Å². The number of benzene rings is 9. The van der Waals surface area contributed by atoms with Gasteiger partial charge < -0.3 is 13.6 Å². The number of hydrogen-bond acceptors (Lipinski definition) is 3. The highest BCUT2D eigenvalue weighted by atomic mass is 31.2. The van der Waals surface area contributed by atoms with Gasteiger partial charge in [0.15, 0.2) is 0 Å². The molecule has 0 atom stereocenters. The van der Waals surface area contributed by atoms with Crippen molar-refractivity contribution in [3.8, 4) is 84.0 Å². The minimum Gasteiger partial charge on any atom is -0.408 e. The molecule has 0 unspecified atom stereocenters. The Bertz CT molecular complexity index is 2970. The quantitative estimate of drug-likeness (QED) is 0.114. The molecule has 9 rings (SSSR count). The zero-order chi connectivity index (χ0) is 49.4. The first-order valence-electron chi connectivity index (χ1n) is 24.4. The van der Waals surface area contributed by atoms with E-state index < -0.39 is 8.60 Å². The summed E-state index contributed by atoms with van der Waals surface area (Å²) in [5.41, 5.74) is 27.4. The molecule has 0 radical (unpaired) electrons. The van der Waals surface area contributed by atoms with E-state index >= 15 is 0 Å². The van der Waals surface area contributed by atoms with Crippen LogP contribution in [-0.2, 0) is 0 Å². The summed E-state index contributed by atoms with van der Waals surface area (Å²) in [6, 6.07) is 58.4. The maximum absolute atomic E-state index is 7.57. The Kier molecular flexibility index (Phi) is 13.7. The summed E-state index contributed by atoms with van der Waals surface area (Å²) >= 11 is 0. The van der Waals surface area contributed by atoms with Gasteiger partial charge in [-0.05, 0) is 218 Å². The number of rotatable bonds is 12. The molecule has 9 aromatic carbocycles. The van der Waals surface area contributed by atoms with Gasteiger partial charge >= 0.3 is 8.60 Å². The first-order valence-corrected chi connectivity index (χ1v) is 25.5. The van der Waals surface area contributed by atoms with Crippen LogP contribution in [0, 0.1) is 83.1 Å². The Hall–Kier alpha value is -7.19. The lowest BCUT2D eigenvalue weighted by Gasteiger charge is -2.27. The van der Waals surface area contributed by atoms with E-state index in [4.69, 9.17) is 13.6 Å². The molecule has 0 amide bonds. The minimum absolute atomic E-state index is 0.683. The van der Waals surface area contributed by atoms with Crippen LogP contribution < -0.4 is 13.6 Å². The summed E-state index contributed by atoms with van der Waals surface area (Å²) in [6.07, 6.45) is 0. The molecule has 0 aliphatic carbocycles. The highest BCUT2D eigenvalue weighted by molar-refractivity contribution is 7.43. The van der Waals surface area contributed by atoms with E-state index in [1.165, 1.54) is 50.1 Å². The first-order chi connectivity index (χ1) is 33.7. The van der Waals surface area contributed by atoms with Gasteiger partial charge in [0.1, 0.15) is 17.2 Å². The van der Waals surface area contributed by atoms with Crippen molar-refractivity contribution in [1.82, 2.24) is 0 Å². The van der Waals surface area contributed by atoms with Gasteiger partial charge in [0.25, 0.3) is 0 Å². The van der Waals surface area contributed by atoms with Crippen molar-refractivity contribution in [2.24, 2.45) is 0 Å². The summed E-state index contributed by atoms with van der Waals surface area (Å²) < 4.78 is 22.7. The molecule has 9 aromatic rings. The lowest BCUT2D eigenvalue weighted by Crippen LogP contribution is -2.07. The molecular formula is C66H63O3P. The predicted octanol–water partition coefficient (Wildman–Crippen LogP) is 19.2. The van der Waals surface area contributed by atoms with Gasteiger partial charge in [0.05, 0.1) is 0 Å². The van der Waals surface area contributed by atoms with Crippen molar-refractivity contribution in [3.05, 3.63) is 231 Å². The molecule has 350 valence electrons. The third-order valence-corrected chi connectivity index (χ3v) is 15.1. The molecule has 0 bridgehead atoms. The van der Waals surface area contributed by atoms with E-state index in [1.807, 2.05) is 0 Å². The molecule has 3 nitrogen and oxygen atoms in total. The van der Waals surface area contributed by atoms with E-state index in [0.29, 0.717) is 17.2 Å². The lowest BCUT2D eigenvalue weighted by atomic mass is 9.86. The smallest absolute Gasteiger partial charge is 0.408 e. The van der Waals surface area contributed by atoms with Crippen molar-refractivity contribution in [1.29, 1.82) is 0 Å². The van der Waals surface area contributed by atoms with Crippen LogP contribution in [0.5, 0.6) is 17.2 Å². The van der Waals surface area contributed by atoms with Gasteiger partial charge in [-0.3, -0.25) is 0 Å². The largest absolute Gasteiger partial charge is 0.530 e. The van der Waals surface area contributed by atoms with Crippen molar-refractivity contribution in [2.75, 3.05) is 0 Å². The number of hydrogen-bond donors (Lipinski definition) is 0. The van der Waals surface area contributed by atoms with Crippen molar-refractivity contribution < 1.29 is 13.6 Å². The van der Waals surface area contributed by atoms with Crippen LogP contribution in [0.15, 0.2) is 164 Å². The Labute approximate surface area is 417 Å². The van der Waals surface area contributed by atoms with Gasteiger partial charge in [-0.25, -0.2) is 0 Å². The fourth-order valence-electron chi connectivity index (χ4n) is 10.9. The van der Waals surface area contributed by atoms with Crippen LogP contribution in [0.3, 0.4) is 0 Å². The molecule has 0 heterocycles. The molecule has 70 heavy (non-hydrogen) atoms. The highest BCUT2D eigenvalue weighted by Gasteiger charge is 2.31. The van der Waals surface area contributed by atoms with Crippen LogP contribution in [0.1, 0.15) is 66.8 Å². The Balaban J connectivity index is 1.34. The monoisotopic (exact) mass is 934 g/mol. The second kappa shape index (κ2) is 20.0. The van der Waals surface area contributed by atoms with Crippen molar-refractivity contribution in [3.63, 3.8) is 0 Å². The standard InChI is InChI=1S/C66H63O3P/c1-40-22-13-23-41(2)58(40)52-34-19-37-55(64(52)61-46(7)28-16-29-47(61)8)67-70(68-56-38-20-35-53(59-42(3)24-14-25-43(59)4)65(56)62-48(9)30-17-31-49(62)10)69-57-39-21-36-54(60-44(5)26-15-27-45(60)6)66(57)63-50(11)32-18-33-51(63)12/h13-39H,1-12H3. The van der Waals surface area contributed by atoms with E-state index in [-0.39, 0.29) is 0 Å². The summed E-state index contributed by atoms with van der Waals surface area (Å²) in [4.78, 5) is 0. The molecule has 0 N–H and O–H groups in total. The molecule has 0 aliphatic heterocycles. The molecule has 0 aromatic heterocycles. The molecule has 0 aliphatic rings. The normalized spacial score (nSPS) is 11.3. The summed E-state index contributed by atoms with van der Waals surface area (Å²) in [7, 11) is -2.26. The lowest BCUT2D eigenvalue weighted by molar-refractivity contribution is 0.390. The predicted molar refractivity (Wildman–Crippen MR) is 298 cm³/mol. The zero-order valence-corrected chi connectivity index (χ0v) is 43.7. The van der Waals surface area contributed by atoms with E-state index in [9.17, 15) is 0 Å². The van der Waals surface area contributed by atoms with Crippen LogP contribution in [0.25, 0.3) is 66.8 Å². The Morgan fingerprint density at radius 2 is 0.371 bits per heavy atom. The van der Waals surface area contributed by atoms with Crippen LogP contribution in [0.2, 0.25) is 0 Å². The summed E-state index contributed by atoms with van der Waals surface area (Å²) in [6.45, 7) is 26.3. The summed E-state index contributed by atoms with van der Waals surface area (Å²) in [5.74, 6) is 2.05. The molecule has 0 fully saturated rings. The molecule has 0 spiro atoms. The minimum atomic E-state index is -2.26. The van der Waals surface area contributed by atoms with Crippen LogP contribution in [-0.4, -0.2) is 0 Å². The van der Waals surface area contributed by atoms with E-state index in [1.54, 1.807) is 0 Å². The van der Waals surface area contributed by atoms with Crippen molar-refractivity contribution in [2.45, 2.75) is 83.1 Å². The maximum atomic E-state index is 7.57. The zero-order valence-electron chi connectivity index (χ0n) is 42.8. The van der Waals surface area contributed by atoms with Crippen LogP contribution >= 0.6 is 8.60 Å². The van der Waals surface area contributed by atoms with Gasteiger partial charge in [-0.2, -0.15) is 0 Å². The Morgan fingerprint density at radius 3 is 0.571 bits per heavy atom. The highest BCUT2D eigenvalue weighted by Crippen LogP contribution is 2.55. The molecular weight excluding hydrogens is 872 g/mol. The SMILES string of the molecule is Cc1cccc(C)c1-c1cccc(OP(Oc2cccc(-c3c(C)cccc3C)c2-c2c(C)cccc2C)Oc2cccc(-c3c(C)cccc3C)c2-c2c(C)cccc2C)c1-c1c(C)cccc1C. The van der Waals surface area contributed by atoms with Gasteiger partial charge in [0, 0.05) is 16.7 Å². The third kappa shape index (κ3) is 9.08. The average molecular weight is 935 g/mol. The van der Waals surface area contributed by atoms with Crippen molar-refractivity contribution >= 4 is 8.60 Å². The average Bonchev–Trinajstić information content (AvgIpc) is 3.30. The molecule has 0 saturated carbocycles. The van der Waals surface area contributed by atoms with E-state index in [0.717, 1.165) is 83.5 Å². The summed E-state index contributed by atoms with van der Waals surface area (Å²) in [5, 5.41) is 0. The second-order valence-electron chi connectivity index (χ2n) is 19.1. The first kappa shape index (κ1) is 47.9. The topological polar surface area (TPSA) is 27.7 Å². The van der Waals surface area contributed by atoms with E-state index in [2.05, 4.69) is 247 Å². The maximum Gasteiger partial charge on any atom is 0.530 e. The fraction of sp³-hybridized carbons (Fsp3) is 0.182. The van der Waals surface area contributed by atoms with Gasteiger partial charge in [-0.1, -0.05) is 146 Å². The fourth-order valence-corrected chi connectivity index (χ4v) is 11.9. The molecule has 0 saturated heterocycles. The third-order valence-electron chi connectivity index (χ3n) is 14.0. The number of aryl methyl sites for hydroxylation is 12. The second-order valence-corrected chi connectivity index (χ2v) is 20.1. The van der Waals surface area contributed by atoms with Gasteiger partial charge in [-0.15, -0.1) is 0 Å².